The zero-order valence-corrected chi connectivity index (χ0v) is 13.6. The molecule has 3 heteroatoms. The summed E-state index contributed by atoms with van der Waals surface area (Å²) in [7, 11) is 0. The van der Waals surface area contributed by atoms with E-state index in [9.17, 15) is 0 Å². The molecule has 0 atom stereocenters. The van der Waals surface area contributed by atoms with Gasteiger partial charge in [-0.15, -0.1) is 0 Å². The highest BCUT2D eigenvalue weighted by atomic mass is 16.5. The molecule has 4 rings (SSSR count). The number of hydrogen-bond acceptors (Lipinski definition) is 3. The molecule has 24 heavy (non-hydrogen) atoms. The van der Waals surface area contributed by atoms with E-state index >= 15 is 0 Å². The van der Waals surface area contributed by atoms with Crippen LogP contribution in [-0.4, -0.2) is 23.1 Å². The average molecular weight is 316 g/mol. The maximum Gasteiger partial charge on any atom is 0.167 e. The Balaban J connectivity index is 1.41. The summed E-state index contributed by atoms with van der Waals surface area (Å²) < 4.78 is 5.49. The number of hydrogen-bond donors (Lipinski definition) is 0. The highest BCUT2D eigenvalue weighted by Crippen LogP contribution is 2.24. The van der Waals surface area contributed by atoms with Gasteiger partial charge in [-0.1, -0.05) is 71.9 Å². The summed E-state index contributed by atoms with van der Waals surface area (Å²) >= 11 is 0. The van der Waals surface area contributed by atoms with Gasteiger partial charge < -0.3 is 4.52 Å². The first-order chi connectivity index (χ1) is 11.9. The van der Waals surface area contributed by atoms with Crippen LogP contribution in [-0.2, 0) is 6.54 Å². The molecule has 120 valence electrons. The fourth-order valence-electron chi connectivity index (χ4n) is 3.12. The van der Waals surface area contributed by atoms with Crippen LogP contribution in [0.25, 0.3) is 16.9 Å². The van der Waals surface area contributed by atoms with Gasteiger partial charge in [-0.05, 0) is 17.6 Å². The molecule has 0 radical (unpaired) electrons. The lowest BCUT2D eigenvalue weighted by Crippen LogP contribution is -2.28. The van der Waals surface area contributed by atoms with Crippen LogP contribution in [0.4, 0.5) is 0 Å². The van der Waals surface area contributed by atoms with E-state index in [0.29, 0.717) is 0 Å². The van der Waals surface area contributed by atoms with Crippen LogP contribution >= 0.6 is 0 Å². The van der Waals surface area contributed by atoms with Gasteiger partial charge in [0.2, 0.25) is 0 Å². The van der Waals surface area contributed by atoms with E-state index in [1.807, 2.05) is 36.4 Å². The number of nitrogens with zero attached hydrogens (tertiary/aromatic N) is 2. The highest BCUT2D eigenvalue weighted by molar-refractivity contribution is 5.66. The first-order valence-electron chi connectivity index (χ1n) is 8.36. The topological polar surface area (TPSA) is 29.3 Å². The molecule has 2 heterocycles. The Morgan fingerprint density at radius 3 is 2.29 bits per heavy atom. The van der Waals surface area contributed by atoms with E-state index in [1.165, 1.54) is 11.1 Å². The van der Waals surface area contributed by atoms with Crippen LogP contribution in [0.2, 0.25) is 0 Å². The molecule has 0 saturated heterocycles. The van der Waals surface area contributed by atoms with Gasteiger partial charge in [0.05, 0.1) is 5.69 Å². The maximum absolute atomic E-state index is 5.49. The molecule has 0 amide bonds. The molecule has 0 saturated carbocycles. The summed E-state index contributed by atoms with van der Waals surface area (Å²) in [6.07, 6.45) is 3.41. The van der Waals surface area contributed by atoms with E-state index in [1.54, 1.807) is 0 Å². The van der Waals surface area contributed by atoms with Crippen LogP contribution in [0.5, 0.6) is 0 Å². The Labute approximate surface area is 142 Å². The van der Waals surface area contributed by atoms with Crippen molar-refractivity contribution >= 4 is 5.57 Å². The van der Waals surface area contributed by atoms with E-state index < -0.39 is 0 Å². The second kappa shape index (κ2) is 6.85. The summed E-state index contributed by atoms with van der Waals surface area (Å²) in [5, 5.41) is 4.23. The molecule has 1 aliphatic rings. The third-order valence-electron chi connectivity index (χ3n) is 4.44. The minimum absolute atomic E-state index is 0.828. The zero-order valence-electron chi connectivity index (χ0n) is 13.6. The summed E-state index contributed by atoms with van der Waals surface area (Å²) in [6.45, 7) is 2.83. The molecule has 0 bridgehead atoms. The molecule has 1 aliphatic heterocycles. The molecule has 2 aromatic carbocycles. The van der Waals surface area contributed by atoms with Crippen LogP contribution in [0.1, 0.15) is 17.7 Å². The maximum atomic E-state index is 5.49. The van der Waals surface area contributed by atoms with Gasteiger partial charge in [0.1, 0.15) is 0 Å². The second-order valence-corrected chi connectivity index (χ2v) is 6.13. The SMILES string of the molecule is C1=C(c2ccccc2)CCN(Cc2cc(-c3ccccc3)on2)C1. The van der Waals surface area contributed by atoms with Crippen molar-refractivity contribution in [2.75, 3.05) is 13.1 Å². The molecular weight excluding hydrogens is 296 g/mol. The second-order valence-electron chi connectivity index (χ2n) is 6.13. The van der Waals surface area contributed by atoms with Gasteiger partial charge in [-0.3, -0.25) is 4.90 Å². The van der Waals surface area contributed by atoms with Gasteiger partial charge in [-0.2, -0.15) is 0 Å². The Morgan fingerprint density at radius 2 is 1.62 bits per heavy atom. The summed E-state index contributed by atoms with van der Waals surface area (Å²) in [5.74, 6) is 0.836. The lowest BCUT2D eigenvalue weighted by molar-refractivity contribution is 0.282. The van der Waals surface area contributed by atoms with E-state index in [-0.39, 0.29) is 0 Å². The Hall–Kier alpha value is -2.65. The van der Waals surface area contributed by atoms with Crippen molar-refractivity contribution in [2.24, 2.45) is 0 Å². The van der Waals surface area contributed by atoms with E-state index in [0.717, 1.165) is 43.1 Å². The third-order valence-corrected chi connectivity index (χ3v) is 4.44. The van der Waals surface area contributed by atoms with Crippen LogP contribution in [0, 0.1) is 0 Å². The third kappa shape index (κ3) is 3.31. The lowest BCUT2D eigenvalue weighted by Gasteiger charge is -2.25. The van der Waals surface area contributed by atoms with Crippen LogP contribution in [0.3, 0.4) is 0 Å². The minimum Gasteiger partial charge on any atom is -0.356 e. The normalized spacial score (nSPS) is 15.2. The largest absolute Gasteiger partial charge is 0.356 e. The van der Waals surface area contributed by atoms with E-state index in [4.69, 9.17) is 4.52 Å². The molecular formula is C21H20N2O. The minimum atomic E-state index is 0.828. The molecule has 0 spiro atoms. The molecule has 0 N–H and O–H groups in total. The molecule has 3 aromatic rings. The van der Waals surface area contributed by atoms with Gasteiger partial charge >= 0.3 is 0 Å². The van der Waals surface area contributed by atoms with Crippen molar-refractivity contribution in [1.29, 1.82) is 0 Å². The summed E-state index contributed by atoms with van der Waals surface area (Å²) in [4.78, 5) is 2.40. The fraction of sp³-hybridized carbons (Fsp3) is 0.190. The molecule has 3 nitrogen and oxygen atoms in total. The summed E-state index contributed by atoms with van der Waals surface area (Å²) in [6, 6.07) is 22.8. The van der Waals surface area contributed by atoms with Crippen molar-refractivity contribution in [3.05, 3.63) is 84.1 Å². The van der Waals surface area contributed by atoms with Crippen molar-refractivity contribution in [1.82, 2.24) is 10.1 Å². The average Bonchev–Trinajstić information content (AvgIpc) is 3.12. The van der Waals surface area contributed by atoms with Gasteiger partial charge in [0, 0.05) is 31.3 Å². The fourth-order valence-corrected chi connectivity index (χ4v) is 3.12. The Bertz CT molecular complexity index is 821. The zero-order chi connectivity index (χ0) is 16.2. The van der Waals surface area contributed by atoms with Crippen molar-refractivity contribution in [2.45, 2.75) is 13.0 Å². The first kappa shape index (κ1) is 14.9. The van der Waals surface area contributed by atoms with Crippen molar-refractivity contribution in [3.8, 4) is 11.3 Å². The molecule has 0 unspecified atom stereocenters. The van der Waals surface area contributed by atoms with Gasteiger partial charge in [-0.25, -0.2) is 0 Å². The van der Waals surface area contributed by atoms with Gasteiger partial charge in [0.25, 0.3) is 0 Å². The van der Waals surface area contributed by atoms with Crippen LogP contribution < -0.4 is 0 Å². The van der Waals surface area contributed by atoms with Gasteiger partial charge in [0.15, 0.2) is 5.76 Å². The predicted molar refractivity (Wildman–Crippen MR) is 96.3 cm³/mol. The number of rotatable bonds is 4. The first-order valence-corrected chi connectivity index (χ1v) is 8.36. The monoisotopic (exact) mass is 316 g/mol. The highest BCUT2D eigenvalue weighted by Gasteiger charge is 2.15. The standard InChI is InChI=1S/C21H20N2O/c1-3-7-17(8-4-1)18-11-13-23(14-12-18)16-20-15-21(24-22-20)19-9-5-2-6-10-19/h1-11,15H,12-14,16H2. The predicted octanol–water partition coefficient (Wildman–Crippen LogP) is 4.63. The molecule has 0 aliphatic carbocycles. The summed E-state index contributed by atoms with van der Waals surface area (Å²) in [5.41, 5.74) is 4.84. The molecule has 0 fully saturated rings. The van der Waals surface area contributed by atoms with E-state index in [2.05, 4.69) is 46.5 Å². The number of benzene rings is 2. The Kier molecular flexibility index (Phi) is 4.26. The quantitative estimate of drug-likeness (QED) is 0.702. The van der Waals surface area contributed by atoms with Crippen LogP contribution in [0.15, 0.2) is 77.3 Å². The lowest BCUT2D eigenvalue weighted by atomic mass is 9.99. The van der Waals surface area contributed by atoms with Crippen molar-refractivity contribution in [3.63, 3.8) is 0 Å². The number of aromatic nitrogens is 1. The smallest absolute Gasteiger partial charge is 0.167 e. The van der Waals surface area contributed by atoms with Crippen molar-refractivity contribution < 1.29 is 4.52 Å². The Morgan fingerprint density at radius 1 is 0.917 bits per heavy atom. The molecule has 1 aromatic heterocycles.